The van der Waals surface area contributed by atoms with Crippen LogP contribution in [0.25, 0.3) is 0 Å². The van der Waals surface area contributed by atoms with Crippen LogP contribution in [0.4, 0.5) is 0 Å². The van der Waals surface area contributed by atoms with Gasteiger partial charge in [0.25, 0.3) is 0 Å². The summed E-state index contributed by atoms with van der Waals surface area (Å²) >= 11 is 0. The maximum Gasteiger partial charge on any atom is 0.0656 e. The van der Waals surface area contributed by atoms with E-state index in [2.05, 4.69) is 20.8 Å². The molecule has 1 aliphatic rings. The Hall–Kier alpha value is -0.0400. The standard InChI is InChI=1S/C10H20O/c1-8(2)5-9-6-10(3,7-9)11-4/h8-9H,5-7H2,1-4H3/t9-,10+. The molecule has 0 radical (unpaired) electrons. The van der Waals surface area contributed by atoms with Crippen molar-refractivity contribution in [3.63, 3.8) is 0 Å². The van der Waals surface area contributed by atoms with Gasteiger partial charge in [0, 0.05) is 7.11 Å². The normalized spacial score (nSPS) is 37.4. The fourth-order valence-electron chi connectivity index (χ4n) is 2.16. The minimum absolute atomic E-state index is 0.222. The molecular formula is C10H20O. The summed E-state index contributed by atoms with van der Waals surface area (Å²) in [6.07, 6.45) is 3.91. The van der Waals surface area contributed by atoms with Gasteiger partial charge in [0.1, 0.15) is 0 Å². The number of ether oxygens (including phenoxy) is 1. The van der Waals surface area contributed by atoms with E-state index in [9.17, 15) is 0 Å². The lowest BCUT2D eigenvalue weighted by molar-refractivity contribution is -0.0944. The smallest absolute Gasteiger partial charge is 0.0656 e. The molecule has 0 aromatic rings. The molecule has 0 bridgehead atoms. The predicted molar refractivity (Wildman–Crippen MR) is 47.6 cm³/mol. The highest BCUT2D eigenvalue weighted by Gasteiger charge is 2.39. The van der Waals surface area contributed by atoms with Crippen LogP contribution in [0.2, 0.25) is 0 Å². The Morgan fingerprint density at radius 1 is 1.45 bits per heavy atom. The van der Waals surface area contributed by atoms with Crippen molar-refractivity contribution in [1.82, 2.24) is 0 Å². The third-order valence-corrected chi connectivity index (χ3v) is 2.74. The molecule has 1 fully saturated rings. The molecule has 0 aromatic heterocycles. The fraction of sp³-hybridized carbons (Fsp3) is 1.00. The summed E-state index contributed by atoms with van der Waals surface area (Å²) in [7, 11) is 1.82. The van der Waals surface area contributed by atoms with Crippen molar-refractivity contribution >= 4 is 0 Å². The molecule has 1 aliphatic carbocycles. The first-order valence-corrected chi connectivity index (χ1v) is 4.61. The van der Waals surface area contributed by atoms with Gasteiger partial charge in [-0.1, -0.05) is 13.8 Å². The van der Waals surface area contributed by atoms with E-state index in [1.165, 1.54) is 19.3 Å². The monoisotopic (exact) mass is 156 g/mol. The zero-order valence-corrected chi connectivity index (χ0v) is 8.18. The van der Waals surface area contributed by atoms with Crippen LogP contribution in [-0.4, -0.2) is 12.7 Å². The van der Waals surface area contributed by atoms with Crippen LogP contribution >= 0.6 is 0 Å². The lowest BCUT2D eigenvalue weighted by Gasteiger charge is -2.44. The minimum atomic E-state index is 0.222. The first kappa shape index (κ1) is 9.05. The van der Waals surface area contributed by atoms with E-state index in [0.717, 1.165) is 11.8 Å². The molecule has 1 saturated carbocycles. The topological polar surface area (TPSA) is 9.23 Å². The summed E-state index contributed by atoms with van der Waals surface area (Å²) in [5.41, 5.74) is 0.222. The zero-order valence-electron chi connectivity index (χ0n) is 8.18. The van der Waals surface area contributed by atoms with Crippen molar-refractivity contribution in [3.05, 3.63) is 0 Å². The molecule has 0 saturated heterocycles. The first-order chi connectivity index (χ1) is 5.06. The molecular weight excluding hydrogens is 136 g/mol. The number of hydrogen-bond acceptors (Lipinski definition) is 1. The second kappa shape index (κ2) is 3.14. The highest BCUT2D eigenvalue weighted by Crippen LogP contribution is 2.43. The second-order valence-electron chi connectivity index (χ2n) is 4.56. The van der Waals surface area contributed by atoms with Crippen LogP contribution in [0.1, 0.15) is 40.0 Å². The molecule has 0 unspecified atom stereocenters. The Balaban J connectivity index is 2.18. The Morgan fingerprint density at radius 3 is 2.36 bits per heavy atom. The van der Waals surface area contributed by atoms with Crippen molar-refractivity contribution in [3.8, 4) is 0 Å². The Kier molecular flexibility index (Phi) is 2.58. The maximum absolute atomic E-state index is 5.39. The molecule has 1 heteroatoms. The minimum Gasteiger partial charge on any atom is -0.379 e. The van der Waals surface area contributed by atoms with Crippen molar-refractivity contribution < 1.29 is 4.74 Å². The highest BCUT2D eigenvalue weighted by molar-refractivity contribution is 4.91. The van der Waals surface area contributed by atoms with E-state index >= 15 is 0 Å². The molecule has 0 spiro atoms. The van der Waals surface area contributed by atoms with Gasteiger partial charge in [-0.25, -0.2) is 0 Å². The average Bonchev–Trinajstić information content (AvgIpc) is 1.83. The predicted octanol–water partition coefficient (Wildman–Crippen LogP) is 2.85. The summed E-state index contributed by atoms with van der Waals surface area (Å²) in [5, 5.41) is 0. The van der Waals surface area contributed by atoms with Crippen molar-refractivity contribution in [1.29, 1.82) is 0 Å². The van der Waals surface area contributed by atoms with E-state index < -0.39 is 0 Å². The summed E-state index contributed by atoms with van der Waals surface area (Å²) in [4.78, 5) is 0. The van der Waals surface area contributed by atoms with Crippen LogP contribution in [0.15, 0.2) is 0 Å². The van der Waals surface area contributed by atoms with E-state index in [4.69, 9.17) is 4.74 Å². The van der Waals surface area contributed by atoms with Crippen LogP contribution in [0.5, 0.6) is 0 Å². The van der Waals surface area contributed by atoms with Gasteiger partial charge < -0.3 is 4.74 Å². The number of rotatable bonds is 3. The molecule has 66 valence electrons. The fourth-order valence-corrected chi connectivity index (χ4v) is 2.16. The van der Waals surface area contributed by atoms with Crippen molar-refractivity contribution in [2.24, 2.45) is 11.8 Å². The molecule has 0 amide bonds. The van der Waals surface area contributed by atoms with Gasteiger partial charge in [-0.05, 0) is 38.0 Å². The van der Waals surface area contributed by atoms with Gasteiger partial charge in [0.15, 0.2) is 0 Å². The van der Waals surface area contributed by atoms with E-state index in [-0.39, 0.29) is 5.60 Å². The van der Waals surface area contributed by atoms with Crippen LogP contribution in [0.3, 0.4) is 0 Å². The Bertz CT molecular complexity index is 123. The summed E-state index contributed by atoms with van der Waals surface area (Å²) in [6.45, 7) is 6.80. The molecule has 0 N–H and O–H groups in total. The Morgan fingerprint density at radius 2 is 2.00 bits per heavy atom. The quantitative estimate of drug-likeness (QED) is 0.610. The van der Waals surface area contributed by atoms with Gasteiger partial charge in [0.2, 0.25) is 0 Å². The maximum atomic E-state index is 5.39. The number of hydrogen-bond donors (Lipinski definition) is 0. The zero-order chi connectivity index (χ0) is 8.48. The lowest BCUT2D eigenvalue weighted by Crippen LogP contribution is -2.43. The third kappa shape index (κ3) is 2.19. The largest absolute Gasteiger partial charge is 0.379 e. The van der Waals surface area contributed by atoms with Gasteiger partial charge in [0.05, 0.1) is 5.60 Å². The van der Waals surface area contributed by atoms with Crippen molar-refractivity contribution in [2.45, 2.75) is 45.6 Å². The molecule has 11 heavy (non-hydrogen) atoms. The first-order valence-electron chi connectivity index (χ1n) is 4.61. The van der Waals surface area contributed by atoms with E-state index in [0.29, 0.717) is 0 Å². The third-order valence-electron chi connectivity index (χ3n) is 2.74. The summed E-state index contributed by atoms with van der Waals surface area (Å²) in [5.74, 6) is 1.78. The van der Waals surface area contributed by atoms with Crippen LogP contribution < -0.4 is 0 Å². The van der Waals surface area contributed by atoms with E-state index in [1.54, 1.807) is 0 Å². The molecule has 0 atom stereocenters. The van der Waals surface area contributed by atoms with Gasteiger partial charge >= 0.3 is 0 Å². The van der Waals surface area contributed by atoms with Gasteiger partial charge in [-0.15, -0.1) is 0 Å². The average molecular weight is 156 g/mol. The molecule has 0 aromatic carbocycles. The van der Waals surface area contributed by atoms with Gasteiger partial charge in [-0.3, -0.25) is 0 Å². The van der Waals surface area contributed by atoms with Crippen LogP contribution in [-0.2, 0) is 4.74 Å². The number of methoxy groups -OCH3 is 1. The summed E-state index contributed by atoms with van der Waals surface area (Å²) < 4.78 is 5.39. The lowest BCUT2D eigenvalue weighted by atomic mass is 9.69. The molecule has 0 aliphatic heterocycles. The molecule has 0 heterocycles. The summed E-state index contributed by atoms with van der Waals surface area (Å²) in [6, 6.07) is 0. The molecule has 1 nitrogen and oxygen atoms in total. The highest BCUT2D eigenvalue weighted by atomic mass is 16.5. The van der Waals surface area contributed by atoms with Crippen LogP contribution in [0, 0.1) is 11.8 Å². The van der Waals surface area contributed by atoms with Crippen molar-refractivity contribution in [2.75, 3.05) is 7.11 Å². The second-order valence-corrected chi connectivity index (χ2v) is 4.56. The Labute approximate surface area is 70.1 Å². The van der Waals surface area contributed by atoms with E-state index in [1.807, 2.05) is 7.11 Å². The molecule has 1 rings (SSSR count). The van der Waals surface area contributed by atoms with Gasteiger partial charge in [-0.2, -0.15) is 0 Å². The SMILES string of the molecule is CO[C@]1(C)C[C@H](CC(C)C)C1.